The first-order chi connectivity index (χ1) is 13.3. The molecule has 11 heteroatoms. The summed E-state index contributed by atoms with van der Waals surface area (Å²) in [5.41, 5.74) is 0. The van der Waals surface area contributed by atoms with Crippen molar-refractivity contribution in [2.45, 2.75) is 44.4 Å². The van der Waals surface area contributed by atoms with Crippen LogP contribution in [0.25, 0.3) is 11.6 Å². The molecule has 0 amide bonds. The summed E-state index contributed by atoms with van der Waals surface area (Å²) >= 11 is 0. The fourth-order valence-electron chi connectivity index (χ4n) is 2.80. The number of nitrogens with one attached hydrogen (secondary N) is 1. The second-order valence-corrected chi connectivity index (χ2v) is 8.94. The lowest BCUT2D eigenvalue weighted by atomic mass is 10.3. The van der Waals surface area contributed by atoms with E-state index in [0.717, 1.165) is 31.0 Å². The lowest BCUT2D eigenvalue weighted by Crippen LogP contribution is -2.29. The first-order valence-electron chi connectivity index (χ1n) is 8.83. The Hall–Kier alpha value is -2.82. The van der Waals surface area contributed by atoms with Gasteiger partial charge < -0.3 is 4.42 Å². The quantitative estimate of drug-likeness (QED) is 0.641. The highest BCUT2D eigenvalue weighted by Gasteiger charge is 2.33. The molecule has 1 aliphatic rings. The maximum Gasteiger partial charge on any atom is 0.238 e. The van der Waals surface area contributed by atoms with E-state index in [1.54, 1.807) is 10.6 Å². The van der Waals surface area contributed by atoms with Crippen molar-refractivity contribution >= 4 is 16.0 Å². The van der Waals surface area contributed by atoms with Crippen LogP contribution < -0.4 is 4.72 Å². The number of halogens is 1. The van der Waals surface area contributed by atoms with E-state index in [1.807, 2.05) is 13.0 Å². The summed E-state index contributed by atoms with van der Waals surface area (Å²) in [6, 6.07) is 3.73. The van der Waals surface area contributed by atoms with Gasteiger partial charge in [-0.3, -0.25) is 9.29 Å². The Labute approximate surface area is 161 Å². The highest BCUT2D eigenvalue weighted by molar-refractivity contribution is 7.93. The van der Waals surface area contributed by atoms with Crippen molar-refractivity contribution in [2.75, 3.05) is 4.72 Å². The Balaban J connectivity index is 1.57. The number of hydrogen-bond donors (Lipinski definition) is 1. The molecule has 28 heavy (non-hydrogen) atoms. The van der Waals surface area contributed by atoms with Gasteiger partial charge in [-0.05, 0) is 38.8 Å². The summed E-state index contributed by atoms with van der Waals surface area (Å²) in [5, 5.41) is 7.30. The molecule has 1 aliphatic carbocycles. The van der Waals surface area contributed by atoms with Gasteiger partial charge in [0.2, 0.25) is 21.8 Å². The zero-order valence-electron chi connectivity index (χ0n) is 15.3. The van der Waals surface area contributed by atoms with E-state index in [4.69, 9.17) is 4.42 Å². The van der Waals surface area contributed by atoms with Crippen LogP contribution >= 0.6 is 0 Å². The van der Waals surface area contributed by atoms with Crippen LogP contribution in [-0.4, -0.2) is 38.4 Å². The molecule has 1 atom stereocenters. The molecule has 0 bridgehead atoms. The van der Waals surface area contributed by atoms with Gasteiger partial charge in [-0.1, -0.05) is 0 Å². The van der Waals surface area contributed by atoms with Gasteiger partial charge in [0.15, 0.2) is 11.6 Å². The number of hydrogen-bond acceptors (Lipinski definition) is 7. The van der Waals surface area contributed by atoms with Crippen LogP contribution in [0.2, 0.25) is 0 Å². The van der Waals surface area contributed by atoms with E-state index in [1.165, 1.54) is 6.92 Å². The Kier molecular flexibility index (Phi) is 4.61. The number of sulfonamides is 1. The monoisotopic (exact) mass is 406 g/mol. The zero-order chi connectivity index (χ0) is 19.9. The lowest BCUT2D eigenvalue weighted by Gasteiger charge is -2.14. The van der Waals surface area contributed by atoms with Crippen molar-refractivity contribution in [2.24, 2.45) is 0 Å². The fourth-order valence-corrected chi connectivity index (χ4v) is 3.76. The summed E-state index contributed by atoms with van der Waals surface area (Å²) in [4.78, 5) is 7.63. The first-order valence-corrected chi connectivity index (χ1v) is 10.4. The largest absolute Gasteiger partial charge is 0.458 e. The SMILES string of the molecule is Cc1ccc(-c2nnc(NS(=O)(=O)[C@H](C)Cc3ncc(F)cn3)n2C2CC2)o1. The minimum Gasteiger partial charge on any atom is -0.458 e. The molecular weight excluding hydrogens is 387 g/mol. The molecule has 0 unspecified atom stereocenters. The van der Waals surface area contributed by atoms with Gasteiger partial charge in [-0.25, -0.2) is 22.8 Å². The maximum atomic E-state index is 12.9. The standard InChI is InChI=1S/C17H19FN6O3S/c1-10-3-6-14(27-10)16-21-22-17(24(16)13-4-5-13)23-28(25,26)11(2)7-15-19-8-12(18)9-20-15/h3,6,8-9,11,13H,4-5,7H2,1-2H3,(H,22,23)/t11-/m1/s1. The molecule has 148 valence electrons. The van der Waals surface area contributed by atoms with Gasteiger partial charge in [0.1, 0.15) is 11.6 Å². The second kappa shape index (κ2) is 6.97. The van der Waals surface area contributed by atoms with Crippen LogP contribution in [-0.2, 0) is 16.4 Å². The van der Waals surface area contributed by atoms with Crippen molar-refractivity contribution in [3.63, 3.8) is 0 Å². The molecule has 4 rings (SSSR count). The van der Waals surface area contributed by atoms with Gasteiger partial charge in [0, 0.05) is 12.5 Å². The minimum absolute atomic E-state index is 0.0391. The van der Waals surface area contributed by atoms with Gasteiger partial charge >= 0.3 is 0 Å². The van der Waals surface area contributed by atoms with Crippen molar-refractivity contribution in [1.82, 2.24) is 24.7 Å². The van der Waals surface area contributed by atoms with Crippen LogP contribution in [0.3, 0.4) is 0 Å². The van der Waals surface area contributed by atoms with Crippen LogP contribution in [0.5, 0.6) is 0 Å². The zero-order valence-corrected chi connectivity index (χ0v) is 16.1. The van der Waals surface area contributed by atoms with E-state index in [0.29, 0.717) is 11.6 Å². The Morgan fingerprint density at radius 2 is 2.00 bits per heavy atom. The molecule has 0 aromatic carbocycles. The molecule has 1 N–H and O–H groups in total. The topological polar surface area (TPSA) is 116 Å². The summed E-state index contributed by atoms with van der Waals surface area (Å²) in [6.45, 7) is 3.35. The number of furan rings is 1. The molecule has 9 nitrogen and oxygen atoms in total. The Morgan fingerprint density at radius 3 is 2.61 bits per heavy atom. The predicted molar refractivity (Wildman–Crippen MR) is 98.4 cm³/mol. The highest BCUT2D eigenvalue weighted by atomic mass is 32.2. The normalized spacial score (nSPS) is 15.5. The van der Waals surface area contributed by atoms with Crippen LogP contribution in [0.1, 0.15) is 37.4 Å². The number of aromatic nitrogens is 5. The number of nitrogens with zero attached hydrogens (tertiary/aromatic N) is 5. The van der Waals surface area contributed by atoms with E-state index in [2.05, 4.69) is 24.9 Å². The van der Waals surface area contributed by atoms with Gasteiger partial charge in [-0.2, -0.15) is 0 Å². The lowest BCUT2D eigenvalue weighted by molar-refractivity contribution is 0.538. The first kappa shape index (κ1) is 18.5. The van der Waals surface area contributed by atoms with Gasteiger partial charge in [0.25, 0.3) is 0 Å². The van der Waals surface area contributed by atoms with Crippen LogP contribution in [0, 0.1) is 12.7 Å². The molecule has 0 radical (unpaired) electrons. The van der Waals surface area contributed by atoms with Crippen LogP contribution in [0.15, 0.2) is 28.9 Å². The molecule has 0 spiro atoms. The van der Waals surface area contributed by atoms with E-state index in [-0.39, 0.29) is 24.2 Å². The van der Waals surface area contributed by atoms with Crippen molar-refractivity contribution < 1.29 is 17.2 Å². The Morgan fingerprint density at radius 1 is 1.29 bits per heavy atom. The molecular formula is C17H19FN6O3S. The molecule has 0 saturated heterocycles. The van der Waals surface area contributed by atoms with E-state index >= 15 is 0 Å². The Bertz CT molecular complexity index is 1090. The molecule has 3 aromatic heterocycles. The minimum atomic E-state index is -3.79. The number of anilines is 1. The van der Waals surface area contributed by atoms with Crippen LogP contribution in [0.4, 0.5) is 10.3 Å². The van der Waals surface area contributed by atoms with Gasteiger partial charge in [0.05, 0.1) is 17.6 Å². The molecule has 1 fully saturated rings. The van der Waals surface area contributed by atoms with Crippen molar-refractivity contribution in [1.29, 1.82) is 0 Å². The summed E-state index contributed by atoms with van der Waals surface area (Å²) in [6.07, 6.45) is 3.89. The molecule has 3 aromatic rings. The van der Waals surface area contributed by atoms with E-state index < -0.39 is 21.1 Å². The maximum absolute atomic E-state index is 12.9. The molecule has 0 aliphatic heterocycles. The van der Waals surface area contributed by atoms with Crippen molar-refractivity contribution in [3.05, 3.63) is 41.9 Å². The third-order valence-electron chi connectivity index (χ3n) is 4.48. The highest BCUT2D eigenvalue weighted by Crippen LogP contribution is 2.40. The van der Waals surface area contributed by atoms with Gasteiger partial charge in [-0.15, -0.1) is 10.2 Å². The summed E-state index contributed by atoms with van der Waals surface area (Å²) < 4.78 is 48.4. The third kappa shape index (κ3) is 3.75. The average molecular weight is 406 g/mol. The summed E-state index contributed by atoms with van der Waals surface area (Å²) in [7, 11) is -3.79. The smallest absolute Gasteiger partial charge is 0.238 e. The third-order valence-corrected chi connectivity index (χ3v) is 6.17. The second-order valence-electron chi connectivity index (χ2n) is 6.84. The summed E-state index contributed by atoms with van der Waals surface area (Å²) in [5.74, 6) is 1.58. The predicted octanol–water partition coefficient (Wildman–Crippen LogP) is 2.48. The average Bonchev–Trinajstić information content (AvgIpc) is 3.26. The molecule has 3 heterocycles. The van der Waals surface area contributed by atoms with Crippen molar-refractivity contribution in [3.8, 4) is 11.6 Å². The van der Waals surface area contributed by atoms with E-state index in [9.17, 15) is 12.8 Å². The molecule has 1 saturated carbocycles. The fraction of sp³-hybridized carbons (Fsp3) is 0.412. The number of aryl methyl sites for hydroxylation is 1. The number of rotatable bonds is 7.